The van der Waals surface area contributed by atoms with Crippen molar-refractivity contribution in [2.24, 2.45) is 0 Å². The fraction of sp³-hybridized carbons (Fsp3) is 0.556. The van der Waals surface area contributed by atoms with Crippen LogP contribution in [0.4, 0.5) is 0 Å². The van der Waals surface area contributed by atoms with Crippen LogP contribution in [-0.4, -0.2) is 52.3 Å². The maximum absolute atomic E-state index is 12.3. The highest BCUT2D eigenvalue weighted by Crippen LogP contribution is 2.28. The van der Waals surface area contributed by atoms with E-state index in [1.807, 2.05) is 24.3 Å². The van der Waals surface area contributed by atoms with Gasteiger partial charge in [-0.25, -0.2) is 4.79 Å². The van der Waals surface area contributed by atoms with Gasteiger partial charge in [-0.05, 0) is 24.0 Å². The number of carboxylic acid groups (broad SMARTS) is 1. The van der Waals surface area contributed by atoms with E-state index < -0.39 is 11.6 Å². The number of amides is 1. The molecule has 1 saturated heterocycles. The molecule has 1 aliphatic rings. The number of nitrogens with zero attached hydrogens (tertiary/aromatic N) is 1. The molecule has 1 fully saturated rings. The number of carbonyl (C=O) groups excluding carboxylic acids is 1. The Hall–Kier alpha value is -2.08. The zero-order chi connectivity index (χ0) is 17.7. The van der Waals surface area contributed by atoms with Gasteiger partial charge in [-0.15, -0.1) is 0 Å². The van der Waals surface area contributed by atoms with Crippen molar-refractivity contribution in [1.29, 1.82) is 0 Å². The number of aliphatic hydroxyl groups is 1. The Balaban J connectivity index is 1.92. The molecule has 1 heterocycles. The number of benzene rings is 1. The Morgan fingerprint density at radius 3 is 2.50 bits per heavy atom. The number of aliphatic carboxylic acids is 1. The minimum Gasteiger partial charge on any atom is -0.483 e. The van der Waals surface area contributed by atoms with Crippen LogP contribution in [0.25, 0.3) is 0 Å². The van der Waals surface area contributed by atoms with Crippen LogP contribution in [0.1, 0.15) is 44.6 Å². The molecule has 6 nitrogen and oxygen atoms in total. The van der Waals surface area contributed by atoms with Crippen molar-refractivity contribution in [2.45, 2.75) is 44.6 Å². The molecule has 6 heteroatoms. The molecule has 132 valence electrons. The molecular formula is C18H25NO5. The lowest BCUT2D eigenvalue weighted by molar-refractivity contribution is -0.165. The van der Waals surface area contributed by atoms with Crippen molar-refractivity contribution in [3.05, 3.63) is 29.8 Å². The predicted molar refractivity (Wildman–Crippen MR) is 89.0 cm³/mol. The Labute approximate surface area is 142 Å². The SMILES string of the molecule is CCC(C)c1ccccc1OCC(=O)N1CCC(O)(C(=O)O)CC1. The van der Waals surface area contributed by atoms with Gasteiger partial charge in [-0.1, -0.05) is 32.0 Å². The maximum Gasteiger partial charge on any atom is 0.335 e. The van der Waals surface area contributed by atoms with Gasteiger partial charge in [0.15, 0.2) is 12.2 Å². The zero-order valence-electron chi connectivity index (χ0n) is 14.2. The number of carbonyl (C=O) groups is 2. The lowest BCUT2D eigenvalue weighted by atomic mass is 9.91. The molecule has 1 aromatic rings. The Bertz CT molecular complexity index is 593. The summed E-state index contributed by atoms with van der Waals surface area (Å²) in [5.41, 5.74) is -0.646. The number of hydrogen-bond acceptors (Lipinski definition) is 4. The summed E-state index contributed by atoms with van der Waals surface area (Å²) in [4.78, 5) is 24.8. The van der Waals surface area contributed by atoms with Gasteiger partial charge < -0.3 is 19.8 Å². The third-order valence-electron chi connectivity index (χ3n) is 4.75. The largest absolute Gasteiger partial charge is 0.483 e. The van der Waals surface area contributed by atoms with Crippen molar-refractivity contribution in [2.75, 3.05) is 19.7 Å². The standard InChI is InChI=1S/C18H25NO5/c1-3-13(2)14-6-4-5-7-15(14)24-12-16(20)19-10-8-18(23,9-11-19)17(21)22/h4-7,13,23H,3,8-12H2,1-2H3,(H,21,22). The number of hydrogen-bond donors (Lipinski definition) is 2. The maximum atomic E-state index is 12.3. The molecule has 0 aliphatic carbocycles. The van der Waals surface area contributed by atoms with Crippen LogP contribution in [0.3, 0.4) is 0 Å². The quantitative estimate of drug-likeness (QED) is 0.830. The fourth-order valence-corrected chi connectivity index (χ4v) is 2.81. The second kappa shape index (κ2) is 7.66. The number of rotatable bonds is 6. The number of ether oxygens (including phenoxy) is 1. The van der Waals surface area contributed by atoms with Crippen LogP contribution >= 0.6 is 0 Å². The first kappa shape index (κ1) is 18.3. The highest BCUT2D eigenvalue weighted by atomic mass is 16.5. The number of para-hydroxylation sites is 1. The molecule has 0 bridgehead atoms. The average molecular weight is 335 g/mol. The van der Waals surface area contributed by atoms with Crippen molar-refractivity contribution in [1.82, 2.24) is 4.90 Å². The molecule has 2 rings (SSSR count). The summed E-state index contributed by atoms with van der Waals surface area (Å²) in [5, 5.41) is 18.9. The van der Waals surface area contributed by atoms with Gasteiger partial charge in [0.05, 0.1) is 0 Å². The van der Waals surface area contributed by atoms with Gasteiger partial charge in [0.2, 0.25) is 0 Å². The molecule has 1 atom stereocenters. The molecule has 0 aromatic heterocycles. The van der Waals surface area contributed by atoms with Gasteiger partial charge in [0.1, 0.15) is 5.75 Å². The van der Waals surface area contributed by atoms with Gasteiger partial charge in [-0.3, -0.25) is 4.79 Å². The normalized spacial score (nSPS) is 18.0. The van der Waals surface area contributed by atoms with Gasteiger partial charge in [0, 0.05) is 25.9 Å². The van der Waals surface area contributed by atoms with Crippen molar-refractivity contribution in [3.8, 4) is 5.75 Å². The summed E-state index contributed by atoms with van der Waals surface area (Å²) in [7, 11) is 0. The van der Waals surface area contributed by atoms with Gasteiger partial charge >= 0.3 is 5.97 Å². The smallest absolute Gasteiger partial charge is 0.335 e. The van der Waals surface area contributed by atoms with E-state index in [1.54, 1.807) is 4.90 Å². The van der Waals surface area contributed by atoms with E-state index in [2.05, 4.69) is 13.8 Å². The van der Waals surface area contributed by atoms with E-state index >= 15 is 0 Å². The number of likely N-dealkylation sites (tertiary alicyclic amines) is 1. The highest BCUT2D eigenvalue weighted by molar-refractivity contribution is 5.80. The molecular weight excluding hydrogens is 310 g/mol. The topological polar surface area (TPSA) is 87.1 Å². The minimum absolute atomic E-state index is 0.0392. The van der Waals surface area contributed by atoms with E-state index in [0.717, 1.165) is 12.0 Å². The summed E-state index contributed by atoms with van der Waals surface area (Å²) in [6, 6.07) is 7.68. The third kappa shape index (κ3) is 4.06. The number of carboxylic acids is 1. The van der Waals surface area contributed by atoms with Crippen molar-refractivity contribution < 1.29 is 24.5 Å². The molecule has 0 radical (unpaired) electrons. The van der Waals surface area contributed by atoms with Crippen LogP contribution in [0.5, 0.6) is 5.75 Å². The molecule has 1 aliphatic heterocycles. The molecule has 1 unspecified atom stereocenters. The Morgan fingerprint density at radius 1 is 1.29 bits per heavy atom. The monoisotopic (exact) mass is 335 g/mol. The summed E-state index contributed by atoms with van der Waals surface area (Å²) < 4.78 is 5.70. The van der Waals surface area contributed by atoms with Gasteiger partial charge in [0.25, 0.3) is 5.91 Å². The van der Waals surface area contributed by atoms with Crippen LogP contribution in [0.15, 0.2) is 24.3 Å². The average Bonchev–Trinajstić information content (AvgIpc) is 2.59. The molecule has 1 aromatic carbocycles. The van der Waals surface area contributed by atoms with Crippen LogP contribution in [0, 0.1) is 0 Å². The molecule has 0 spiro atoms. The summed E-state index contributed by atoms with van der Waals surface area (Å²) >= 11 is 0. The first-order valence-corrected chi connectivity index (χ1v) is 8.32. The zero-order valence-corrected chi connectivity index (χ0v) is 14.2. The molecule has 24 heavy (non-hydrogen) atoms. The third-order valence-corrected chi connectivity index (χ3v) is 4.75. The minimum atomic E-state index is -1.72. The van der Waals surface area contributed by atoms with Crippen molar-refractivity contribution in [3.63, 3.8) is 0 Å². The molecule has 2 N–H and O–H groups in total. The van der Waals surface area contributed by atoms with E-state index in [4.69, 9.17) is 9.84 Å². The van der Waals surface area contributed by atoms with Crippen LogP contribution < -0.4 is 4.74 Å². The highest BCUT2D eigenvalue weighted by Gasteiger charge is 2.40. The summed E-state index contributed by atoms with van der Waals surface area (Å²) in [5.74, 6) is -0.370. The summed E-state index contributed by atoms with van der Waals surface area (Å²) in [6.45, 7) is 4.57. The van der Waals surface area contributed by atoms with Gasteiger partial charge in [-0.2, -0.15) is 0 Å². The van der Waals surface area contributed by atoms with E-state index in [-0.39, 0.29) is 38.4 Å². The second-order valence-electron chi connectivity index (χ2n) is 6.35. The fourth-order valence-electron chi connectivity index (χ4n) is 2.81. The van der Waals surface area contributed by atoms with E-state index in [9.17, 15) is 14.7 Å². The van der Waals surface area contributed by atoms with Crippen LogP contribution in [-0.2, 0) is 9.59 Å². The van der Waals surface area contributed by atoms with Crippen molar-refractivity contribution >= 4 is 11.9 Å². The molecule has 0 saturated carbocycles. The first-order chi connectivity index (χ1) is 11.4. The summed E-state index contributed by atoms with van der Waals surface area (Å²) in [6.07, 6.45) is 1.06. The van der Waals surface area contributed by atoms with Crippen LogP contribution in [0.2, 0.25) is 0 Å². The van der Waals surface area contributed by atoms with E-state index in [0.29, 0.717) is 11.7 Å². The second-order valence-corrected chi connectivity index (χ2v) is 6.35. The molecule has 1 amide bonds. The lowest BCUT2D eigenvalue weighted by Crippen LogP contribution is -2.51. The predicted octanol–water partition coefficient (Wildman–Crippen LogP) is 2.02. The Kier molecular flexibility index (Phi) is 5.83. The number of piperidine rings is 1. The Morgan fingerprint density at radius 2 is 1.92 bits per heavy atom. The lowest BCUT2D eigenvalue weighted by Gasteiger charge is -2.35. The first-order valence-electron chi connectivity index (χ1n) is 8.32. The van der Waals surface area contributed by atoms with E-state index in [1.165, 1.54) is 0 Å².